The third kappa shape index (κ3) is 2.69. The van der Waals surface area contributed by atoms with Crippen molar-refractivity contribution in [1.82, 2.24) is 20.1 Å². The number of aromatic amines is 1. The van der Waals surface area contributed by atoms with Gasteiger partial charge in [-0.2, -0.15) is 5.10 Å². The Balaban J connectivity index is 1.43. The summed E-state index contributed by atoms with van der Waals surface area (Å²) in [7, 11) is 1.92. The molecule has 3 aromatic rings. The Hall–Kier alpha value is -2.60. The van der Waals surface area contributed by atoms with E-state index in [2.05, 4.69) is 15.4 Å². The third-order valence-corrected chi connectivity index (χ3v) is 4.70. The SMILES string of the molecule is Cn1nccc1[C@@H]1OCC[C@H]1CNC(=O)c1ccc2[nH]ccc2c1. The smallest absolute Gasteiger partial charge is 0.251 e. The Labute approximate surface area is 139 Å². The van der Waals surface area contributed by atoms with Gasteiger partial charge in [0.15, 0.2) is 0 Å². The van der Waals surface area contributed by atoms with Gasteiger partial charge in [-0.15, -0.1) is 0 Å². The van der Waals surface area contributed by atoms with Gasteiger partial charge in [0.2, 0.25) is 0 Å². The largest absolute Gasteiger partial charge is 0.372 e. The number of amides is 1. The maximum Gasteiger partial charge on any atom is 0.251 e. The minimum absolute atomic E-state index is 0.00930. The maximum absolute atomic E-state index is 12.4. The quantitative estimate of drug-likeness (QED) is 0.774. The van der Waals surface area contributed by atoms with E-state index in [0.29, 0.717) is 18.7 Å². The van der Waals surface area contributed by atoms with Crippen LogP contribution in [0.1, 0.15) is 28.6 Å². The van der Waals surface area contributed by atoms with Crippen LogP contribution in [0, 0.1) is 5.92 Å². The summed E-state index contributed by atoms with van der Waals surface area (Å²) >= 11 is 0. The fraction of sp³-hybridized carbons (Fsp3) is 0.333. The molecule has 2 aromatic heterocycles. The molecule has 1 amide bonds. The van der Waals surface area contributed by atoms with Gasteiger partial charge in [-0.05, 0) is 36.8 Å². The van der Waals surface area contributed by atoms with Crippen LogP contribution in [0.25, 0.3) is 10.9 Å². The van der Waals surface area contributed by atoms with E-state index in [9.17, 15) is 4.79 Å². The molecule has 0 saturated carbocycles. The van der Waals surface area contributed by atoms with Crippen molar-refractivity contribution in [2.75, 3.05) is 13.2 Å². The molecule has 1 aliphatic rings. The molecule has 1 aliphatic heterocycles. The number of carbonyl (C=O) groups is 1. The van der Waals surface area contributed by atoms with E-state index in [4.69, 9.17) is 4.74 Å². The zero-order chi connectivity index (χ0) is 16.5. The van der Waals surface area contributed by atoms with Crippen molar-refractivity contribution in [3.8, 4) is 0 Å². The number of hydrogen-bond acceptors (Lipinski definition) is 3. The second kappa shape index (κ2) is 6.13. The van der Waals surface area contributed by atoms with Crippen LogP contribution in [0.3, 0.4) is 0 Å². The Bertz CT molecular complexity index is 867. The zero-order valence-electron chi connectivity index (χ0n) is 13.5. The Morgan fingerprint density at radius 1 is 1.42 bits per heavy atom. The zero-order valence-corrected chi connectivity index (χ0v) is 13.5. The number of nitrogens with zero attached hydrogens (tertiary/aromatic N) is 2. The van der Waals surface area contributed by atoms with E-state index in [-0.39, 0.29) is 17.9 Å². The number of carbonyl (C=O) groups excluding carboxylic acids is 1. The molecule has 2 atom stereocenters. The normalized spacial score (nSPS) is 20.5. The first-order valence-electron chi connectivity index (χ1n) is 8.17. The number of hydrogen-bond donors (Lipinski definition) is 2. The number of rotatable bonds is 4. The van der Waals surface area contributed by atoms with Gasteiger partial charge in [-0.25, -0.2) is 0 Å². The van der Waals surface area contributed by atoms with Crippen molar-refractivity contribution in [3.63, 3.8) is 0 Å². The first-order chi connectivity index (χ1) is 11.7. The lowest BCUT2D eigenvalue weighted by atomic mass is 9.98. The van der Waals surface area contributed by atoms with Gasteiger partial charge in [0.1, 0.15) is 6.10 Å². The molecule has 0 bridgehead atoms. The highest BCUT2D eigenvalue weighted by atomic mass is 16.5. The van der Waals surface area contributed by atoms with E-state index in [1.807, 2.05) is 48.3 Å². The minimum atomic E-state index is -0.0474. The maximum atomic E-state index is 12.4. The molecule has 0 radical (unpaired) electrons. The number of nitrogens with one attached hydrogen (secondary N) is 2. The van der Waals surface area contributed by atoms with E-state index < -0.39 is 0 Å². The molecule has 124 valence electrons. The summed E-state index contributed by atoms with van der Waals surface area (Å²) in [6.07, 6.45) is 4.58. The molecule has 2 N–H and O–H groups in total. The second-order valence-electron chi connectivity index (χ2n) is 6.21. The van der Waals surface area contributed by atoms with Gasteiger partial charge in [0.05, 0.1) is 5.69 Å². The Morgan fingerprint density at radius 3 is 3.17 bits per heavy atom. The van der Waals surface area contributed by atoms with Crippen LogP contribution in [0.2, 0.25) is 0 Å². The molecule has 6 heteroatoms. The lowest BCUT2D eigenvalue weighted by Crippen LogP contribution is -2.31. The highest BCUT2D eigenvalue weighted by molar-refractivity contribution is 5.98. The number of aromatic nitrogens is 3. The molecule has 1 saturated heterocycles. The van der Waals surface area contributed by atoms with E-state index >= 15 is 0 Å². The van der Waals surface area contributed by atoms with Crippen LogP contribution < -0.4 is 5.32 Å². The molecule has 1 aromatic carbocycles. The highest BCUT2D eigenvalue weighted by Gasteiger charge is 2.31. The van der Waals surface area contributed by atoms with Gasteiger partial charge in [-0.3, -0.25) is 9.48 Å². The van der Waals surface area contributed by atoms with Crippen molar-refractivity contribution >= 4 is 16.8 Å². The van der Waals surface area contributed by atoms with E-state index in [1.165, 1.54) is 0 Å². The molecule has 1 fully saturated rings. The van der Waals surface area contributed by atoms with Crippen molar-refractivity contribution in [1.29, 1.82) is 0 Å². The van der Waals surface area contributed by atoms with Gasteiger partial charge >= 0.3 is 0 Å². The third-order valence-electron chi connectivity index (χ3n) is 4.70. The monoisotopic (exact) mass is 324 g/mol. The average molecular weight is 324 g/mol. The molecule has 24 heavy (non-hydrogen) atoms. The van der Waals surface area contributed by atoms with E-state index in [1.54, 1.807) is 6.20 Å². The standard InChI is InChI=1S/C18H20N4O2/c1-22-16(5-8-21-22)17-14(6-9-24-17)11-20-18(23)13-2-3-15-12(10-13)4-7-19-15/h2-5,7-8,10,14,17,19H,6,9,11H2,1H3,(H,20,23)/t14-,17+/m0/s1. The number of aryl methyl sites for hydroxylation is 1. The van der Waals surface area contributed by atoms with Gasteiger partial charge in [-0.1, -0.05) is 0 Å². The molecule has 0 aliphatic carbocycles. The van der Waals surface area contributed by atoms with Gasteiger partial charge in [0.25, 0.3) is 5.91 Å². The lowest BCUT2D eigenvalue weighted by molar-refractivity contribution is 0.0801. The summed E-state index contributed by atoms with van der Waals surface area (Å²) in [5, 5.41) is 8.30. The number of benzene rings is 1. The molecular weight excluding hydrogens is 304 g/mol. The van der Waals surface area contributed by atoms with Crippen LogP contribution in [0.15, 0.2) is 42.7 Å². The summed E-state index contributed by atoms with van der Waals surface area (Å²) in [6, 6.07) is 9.63. The van der Waals surface area contributed by atoms with Gasteiger partial charge in [0, 0.05) is 55.0 Å². The lowest BCUT2D eigenvalue weighted by Gasteiger charge is -2.19. The van der Waals surface area contributed by atoms with E-state index in [0.717, 1.165) is 23.0 Å². The second-order valence-corrected chi connectivity index (χ2v) is 6.21. The molecule has 6 nitrogen and oxygen atoms in total. The van der Waals surface area contributed by atoms with Crippen molar-refractivity contribution in [3.05, 3.63) is 54.0 Å². The minimum Gasteiger partial charge on any atom is -0.372 e. The Kier molecular flexibility index (Phi) is 3.82. The predicted octanol–water partition coefficient (Wildman–Crippen LogP) is 2.41. The summed E-state index contributed by atoms with van der Waals surface area (Å²) in [6.45, 7) is 1.31. The Morgan fingerprint density at radius 2 is 2.33 bits per heavy atom. The predicted molar refractivity (Wildman–Crippen MR) is 90.6 cm³/mol. The van der Waals surface area contributed by atoms with Crippen LogP contribution in [0.4, 0.5) is 0 Å². The summed E-state index contributed by atoms with van der Waals surface area (Å²) in [5.41, 5.74) is 2.77. The summed E-state index contributed by atoms with van der Waals surface area (Å²) in [4.78, 5) is 15.6. The average Bonchev–Trinajstić information content (AvgIpc) is 3.31. The van der Waals surface area contributed by atoms with Crippen LogP contribution >= 0.6 is 0 Å². The van der Waals surface area contributed by atoms with Gasteiger partial charge < -0.3 is 15.0 Å². The molecule has 4 rings (SSSR count). The van der Waals surface area contributed by atoms with Crippen LogP contribution in [-0.2, 0) is 11.8 Å². The molecule has 3 heterocycles. The first kappa shape index (κ1) is 15.0. The number of H-pyrrole nitrogens is 1. The summed E-state index contributed by atoms with van der Waals surface area (Å²) in [5.74, 6) is 0.217. The number of fused-ring (bicyclic) bond motifs is 1. The van der Waals surface area contributed by atoms with Crippen LogP contribution in [-0.4, -0.2) is 33.8 Å². The molecular formula is C18H20N4O2. The molecule has 0 spiro atoms. The number of ether oxygens (including phenoxy) is 1. The topological polar surface area (TPSA) is 71.9 Å². The highest BCUT2D eigenvalue weighted by Crippen LogP contribution is 2.33. The van der Waals surface area contributed by atoms with Crippen molar-refractivity contribution in [2.45, 2.75) is 12.5 Å². The van der Waals surface area contributed by atoms with Crippen molar-refractivity contribution < 1.29 is 9.53 Å². The first-order valence-corrected chi connectivity index (χ1v) is 8.17. The molecule has 0 unspecified atom stereocenters. The summed E-state index contributed by atoms with van der Waals surface area (Å²) < 4.78 is 7.70. The fourth-order valence-electron chi connectivity index (χ4n) is 3.35. The van der Waals surface area contributed by atoms with Crippen LogP contribution in [0.5, 0.6) is 0 Å². The fourth-order valence-corrected chi connectivity index (χ4v) is 3.35. The van der Waals surface area contributed by atoms with Crippen molar-refractivity contribution in [2.24, 2.45) is 13.0 Å².